The molecule has 2 saturated heterocycles. The van der Waals surface area contributed by atoms with Crippen molar-refractivity contribution in [3.8, 4) is 0 Å². The lowest BCUT2D eigenvalue weighted by Crippen LogP contribution is -2.60. The average molecular weight is 592 g/mol. The number of carbonyl (C=O) groups is 5. The third-order valence-electron chi connectivity index (χ3n) is 8.94. The molecule has 0 radical (unpaired) electrons. The highest BCUT2D eigenvalue weighted by Gasteiger charge is 2.53. The molecule has 0 unspecified atom stereocenters. The number of rotatable bonds is 9. The first-order valence-electron chi connectivity index (χ1n) is 14.0. The molecule has 4 fully saturated rings. The third kappa shape index (κ3) is 6.33. The van der Waals surface area contributed by atoms with Crippen molar-refractivity contribution in [3.05, 3.63) is 0 Å². The maximum absolute atomic E-state index is 13.9. The van der Waals surface area contributed by atoms with Crippen molar-refractivity contribution >= 4 is 41.1 Å². The van der Waals surface area contributed by atoms with Gasteiger partial charge in [-0.3, -0.25) is 29.4 Å². The van der Waals surface area contributed by atoms with Crippen LogP contribution in [0.4, 0.5) is 13.2 Å². The van der Waals surface area contributed by atoms with Gasteiger partial charge < -0.3 is 15.5 Å². The Bertz CT molecular complexity index is 1020. The first-order valence-corrected chi connectivity index (χ1v) is 14.4. The van der Waals surface area contributed by atoms with Crippen molar-refractivity contribution in [1.29, 1.82) is 0 Å². The van der Waals surface area contributed by atoms with Crippen molar-refractivity contribution in [2.45, 2.75) is 82.4 Å². The van der Waals surface area contributed by atoms with Gasteiger partial charge in [0, 0.05) is 31.8 Å². The van der Waals surface area contributed by atoms with Crippen molar-refractivity contribution in [3.63, 3.8) is 0 Å². The Morgan fingerprint density at radius 3 is 2.45 bits per heavy atom. The zero-order valence-corrected chi connectivity index (χ0v) is 23.4. The standard InChI is InChI=1S/C26H37ClF3N5O5/c1-3-13(2)18(32-22(37)16-9-26(29,30)10-16)24(39)34-11-14-5-4-6-17(14)19(34)23(38)33-35(25(40)20(27)28)12-15-7-8-31-21(15)36/h13-20H,3-12H2,1-2H3,(H,31,36)(H,32,37)(H,33,38)/t13-,14-,15-,17-,18-,19-,20-/m0/s1. The second-order valence-electron chi connectivity index (χ2n) is 11.6. The van der Waals surface area contributed by atoms with Gasteiger partial charge in [0.25, 0.3) is 17.4 Å². The van der Waals surface area contributed by atoms with E-state index < -0.39 is 71.9 Å². The quantitative estimate of drug-likeness (QED) is 0.278. The van der Waals surface area contributed by atoms with E-state index in [1.165, 1.54) is 4.90 Å². The molecule has 0 aromatic carbocycles. The summed E-state index contributed by atoms with van der Waals surface area (Å²) in [5, 5.41) is 6.00. The summed E-state index contributed by atoms with van der Waals surface area (Å²) in [5.74, 6) is -8.37. The summed E-state index contributed by atoms with van der Waals surface area (Å²) in [6.45, 7) is 3.95. The first kappa shape index (κ1) is 30.4. The summed E-state index contributed by atoms with van der Waals surface area (Å²) in [7, 11) is 0. The van der Waals surface area contributed by atoms with Crippen LogP contribution in [0.25, 0.3) is 0 Å². The second-order valence-corrected chi connectivity index (χ2v) is 12.0. The summed E-state index contributed by atoms with van der Waals surface area (Å²) in [5.41, 5.74) is -0.0206. The van der Waals surface area contributed by atoms with Crippen LogP contribution in [0.3, 0.4) is 0 Å². The number of hydrogen-bond acceptors (Lipinski definition) is 5. The lowest BCUT2D eigenvalue weighted by atomic mass is 9.80. The highest BCUT2D eigenvalue weighted by Crippen LogP contribution is 2.44. The predicted molar refractivity (Wildman–Crippen MR) is 137 cm³/mol. The summed E-state index contributed by atoms with van der Waals surface area (Å²) >= 11 is 5.40. The third-order valence-corrected chi connectivity index (χ3v) is 9.13. The Kier molecular flexibility index (Phi) is 9.21. The Balaban J connectivity index is 1.53. The molecule has 2 heterocycles. The van der Waals surface area contributed by atoms with Crippen LogP contribution in [0.2, 0.25) is 0 Å². The highest BCUT2D eigenvalue weighted by molar-refractivity contribution is 6.29. The van der Waals surface area contributed by atoms with Gasteiger partial charge in [0.2, 0.25) is 23.6 Å². The van der Waals surface area contributed by atoms with E-state index in [0.29, 0.717) is 30.8 Å². The fourth-order valence-electron chi connectivity index (χ4n) is 6.39. The van der Waals surface area contributed by atoms with Gasteiger partial charge in [-0.2, -0.15) is 0 Å². The fourth-order valence-corrected chi connectivity index (χ4v) is 6.51. The summed E-state index contributed by atoms with van der Waals surface area (Å²) < 4.78 is 40.6. The van der Waals surface area contributed by atoms with Gasteiger partial charge in [-0.15, -0.1) is 0 Å². The van der Waals surface area contributed by atoms with Crippen LogP contribution in [0.5, 0.6) is 0 Å². The minimum Gasteiger partial charge on any atom is -0.356 e. The molecule has 0 aromatic rings. The lowest BCUT2D eigenvalue weighted by Gasteiger charge is -2.37. The molecule has 0 spiro atoms. The number of nitrogens with one attached hydrogen (secondary N) is 3. The van der Waals surface area contributed by atoms with Crippen LogP contribution in [0, 0.1) is 29.6 Å². The van der Waals surface area contributed by atoms with E-state index in [2.05, 4.69) is 16.1 Å². The molecular formula is C26H37ClF3N5O5. The molecule has 40 heavy (non-hydrogen) atoms. The number of halogens is 4. The Morgan fingerprint density at radius 1 is 1.18 bits per heavy atom. The van der Waals surface area contributed by atoms with Gasteiger partial charge in [0.15, 0.2) is 0 Å². The summed E-state index contributed by atoms with van der Waals surface area (Å²) in [6, 6.07) is -2.03. The molecule has 224 valence electrons. The molecule has 0 bridgehead atoms. The highest BCUT2D eigenvalue weighted by atomic mass is 35.5. The predicted octanol–water partition coefficient (Wildman–Crippen LogP) is 1.72. The van der Waals surface area contributed by atoms with Crippen molar-refractivity contribution < 1.29 is 37.1 Å². The van der Waals surface area contributed by atoms with Crippen molar-refractivity contribution in [2.75, 3.05) is 19.6 Å². The molecule has 4 aliphatic rings. The fraction of sp³-hybridized carbons (Fsp3) is 0.808. The zero-order valence-electron chi connectivity index (χ0n) is 22.6. The van der Waals surface area contributed by atoms with Crippen LogP contribution in [-0.2, 0) is 24.0 Å². The number of hydrazine groups is 1. The maximum atomic E-state index is 13.9. The molecule has 7 atom stereocenters. The Hall–Kier alpha value is -2.57. The van der Waals surface area contributed by atoms with Crippen LogP contribution in [0.1, 0.15) is 58.8 Å². The maximum Gasteiger partial charge on any atom is 0.291 e. The minimum absolute atomic E-state index is 0.0185. The molecule has 2 saturated carbocycles. The van der Waals surface area contributed by atoms with Gasteiger partial charge in [0.05, 0.1) is 12.5 Å². The zero-order chi connectivity index (χ0) is 29.4. The SMILES string of the molecule is CC[C@H](C)[C@H](NC(=O)C1CC(F)(F)C1)C(=O)N1C[C@@H]2CCC[C@@H]2[C@H]1C(=O)NN(C[C@@H]1CCNC1=O)C(=O)[C@H](F)Cl. The van der Waals surface area contributed by atoms with E-state index in [4.69, 9.17) is 11.6 Å². The van der Waals surface area contributed by atoms with Crippen molar-refractivity contribution in [2.24, 2.45) is 29.6 Å². The molecule has 5 amide bonds. The monoisotopic (exact) mass is 591 g/mol. The van der Waals surface area contributed by atoms with E-state index >= 15 is 0 Å². The van der Waals surface area contributed by atoms with Gasteiger partial charge >= 0.3 is 0 Å². The van der Waals surface area contributed by atoms with Gasteiger partial charge in [-0.1, -0.05) is 38.3 Å². The second kappa shape index (κ2) is 12.1. The molecule has 3 N–H and O–H groups in total. The first-order chi connectivity index (χ1) is 18.8. The van der Waals surface area contributed by atoms with E-state index in [1.807, 2.05) is 6.92 Å². The molecule has 4 rings (SSSR count). The van der Waals surface area contributed by atoms with E-state index in [9.17, 15) is 37.1 Å². The van der Waals surface area contributed by atoms with Crippen LogP contribution < -0.4 is 16.1 Å². The lowest BCUT2D eigenvalue weighted by molar-refractivity contribution is -0.154. The van der Waals surface area contributed by atoms with E-state index in [1.54, 1.807) is 6.92 Å². The largest absolute Gasteiger partial charge is 0.356 e. The van der Waals surface area contributed by atoms with E-state index in [-0.39, 0.29) is 36.8 Å². The topological polar surface area (TPSA) is 128 Å². The van der Waals surface area contributed by atoms with E-state index in [0.717, 1.165) is 12.8 Å². The normalized spacial score (nSPS) is 29.6. The van der Waals surface area contributed by atoms with Gasteiger partial charge in [0.1, 0.15) is 12.1 Å². The van der Waals surface area contributed by atoms with Crippen molar-refractivity contribution in [1.82, 2.24) is 26.0 Å². The molecule has 14 heteroatoms. The number of likely N-dealkylation sites (tertiary alicyclic amines) is 1. The van der Waals surface area contributed by atoms with Crippen LogP contribution in [0.15, 0.2) is 0 Å². The van der Waals surface area contributed by atoms with Crippen LogP contribution >= 0.6 is 11.6 Å². The molecular weight excluding hydrogens is 555 g/mol. The van der Waals surface area contributed by atoms with Crippen LogP contribution in [-0.4, -0.2) is 82.7 Å². The number of hydrogen-bond donors (Lipinski definition) is 3. The van der Waals surface area contributed by atoms with Gasteiger partial charge in [-0.05, 0) is 37.0 Å². The molecule has 2 aliphatic heterocycles. The molecule has 10 nitrogen and oxygen atoms in total. The number of nitrogens with zero attached hydrogens (tertiary/aromatic N) is 2. The van der Waals surface area contributed by atoms with Gasteiger partial charge in [-0.25, -0.2) is 18.2 Å². The number of fused-ring (bicyclic) bond motifs is 1. The Morgan fingerprint density at radius 2 is 1.88 bits per heavy atom. The summed E-state index contributed by atoms with van der Waals surface area (Å²) in [4.78, 5) is 66.3. The Labute approximate surface area is 236 Å². The minimum atomic E-state index is -2.89. The average Bonchev–Trinajstić information content (AvgIpc) is 3.60. The molecule has 2 aliphatic carbocycles. The molecule has 0 aromatic heterocycles. The number of carbonyl (C=O) groups excluding carboxylic acids is 5. The summed E-state index contributed by atoms with van der Waals surface area (Å²) in [6.07, 6.45) is 2.05. The smallest absolute Gasteiger partial charge is 0.291 e. The number of amides is 5. The number of alkyl halides is 4.